The minimum Gasteiger partial charge on any atom is -0.486 e. The summed E-state index contributed by atoms with van der Waals surface area (Å²) < 4.78 is 5.97. The van der Waals surface area contributed by atoms with E-state index in [0.29, 0.717) is 11.6 Å². The summed E-state index contributed by atoms with van der Waals surface area (Å²) >= 11 is 0. The second kappa shape index (κ2) is 7.15. The maximum absolute atomic E-state index is 12.3. The third-order valence-electron chi connectivity index (χ3n) is 4.45. The highest BCUT2D eigenvalue weighted by Gasteiger charge is 2.34. The minimum atomic E-state index is -0.455. The van der Waals surface area contributed by atoms with Crippen LogP contribution >= 0.6 is 0 Å². The lowest BCUT2D eigenvalue weighted by molar-refractivity contribution is -0.114. The monoisotopic (exact) mass is 373 g/mol. The van der Waals surface area contributed by atoms with Crippen molar-refractivity contribution in [1.29, 1.82) is 5.41 Å². The molecule has 2 aliphatic rings. The molecule has 0 saturated carbocycles. The average molecular weight is 373 g/mol. The molecule has 6 nitrogen and oxygen atoms in total. The molecule has 0 aliphatic carbocycles. The van der Waals surface area contributed by atoms with E-state index in [1.165, 1.54) is 5.06 Å². The van der Waals surface area contributed by atoms with Gasteiger partial charge in [-0.2, -0.15) is 4.99 Å². The summed E-state index contributed by atoms with van der Waals surface area (Å²) in [6.45, 7) is 3.74. The highest BCUT2D eigenvalue weighted by Crippen LogP contribution is 2.25. The highest BCUT2D eigenvalue weighted by molar-refractivity contribution is 6.32. The van der Waals surface area contributed by atoms with Crippen molar-refractivity contribution in [3.8, 4) is 5.75 Å². The number of fused-ring (bicyclic) bond motifs is 1. The normalized spacial score (nSPS) is 18.4. The van der Waals surface area contributed by atoms with E-state index in [1.807, 2.05) is 61.5 Å². The van der Waals surface area contributed by atoms with E-state index < -0.39 is 5.91 Å². The van der Waals surface area contributed by atoms with Crippen LogP contribution in [-0.4, -0.2) is 22.6 Å². The van der Waals surface area contributed by atoms with Gasteiger partial charge in [-0.05, 0) is 43.2 Å². The maximum Gasteiger partial charge on any atom is 0.282 e. The van der Waals surface area contributed by atoms with Gasteiger partial charge in [0, 0.05) is 6.08 Å². The molecular formula is C22H19N3O3. The van der Waals surface area contributed by atoms with Crippen molar-refractivity contribution in [3.63, 3.8) is 0 Å². The first kappa shape index (κ1) is 17.7. The molecular weight excluding hydrogens is 354 g/mol. The van der Waals surface area contributed by atoms with Gasteiger partial charge < -0.3 is 9.57 Å². The number of ether oxygens (including phenoxy) is 1. The van der Waals surface area contributed by atoms with Crippen molar-refractivity contribution in [1.82, 2.24) is 5.06 Å². The molecule has 0 aromatic heterocycles. The lowest BCUT2D eigenvalue weighted by Crippen LogP contribution is -2.38. The molecule has 2 aromatic rings. The van der Waals surface area contributed by atoms with E-state index in [-0.39, 0.29) is 17.5 Å². The van der Waals surface area contributed by atoms with Crippen molar-refractivity contribution in [2.24, 2.45) is 4.99 Å². The van der Waals surface area contributed by atoms with Crippen LogP contribution < -0.4 is 4.74 Å². The smallest absolute Gasteiger partial charge is 0.282 e. The molecule has 0 fully saturated rings. The molecule has 0 radical (unpaired) electrons. The van der Waals surface area contributed by atoms with Crippen LogP contribution in [0.5, 0.6) is 5.75 Å². The first-order chi connectivity index (χ1) is 13.5. The quantitative estimate of drug-likeness (QED) is 0.812. The summed E-state index contributed by atoms with van der Waals surface area (Å²) in [4.78, 5) is 21.7. The Morgan fingerprint density at radius 2 is 1.86 bits per heavy atom. The molecule has 28 heavy (non-hydrogen) atoms. The van der Waals surface area contributed by atoms with Crippen LogP contribution in [0, 0.1) is 5.41 Å². The summed E-state index contributed by atoms with van der Waals surface area (Å²) in [5.74, 6) is 1.17. The fraction of sp³-hybridized carbons (Fsp3) is 0.136. The topological polar surface area (TPSA) is 75.0 Å². The van der Waals surface area contributed by atoms with Crippen molar-refractivity contribution in [2.45, 2.75) is 20.0 Å². The fourth-order valence-corrected chi connectivity index (χ4v) is 3.01. The van der Waals surface area contributed by atoms with Crippen molar-refractivity contribution < 1.29 is 14.4 Å². The third-order valence-corrected chi connectivity index (χ3v) is 4.45. The van der Waals surface area contributed by atoms with E-state index in [0.717, 1.165) is 16.9 Å². The van der Waals surface area contributed by atoms with Crippen molar-refractivity contribution >= 4 is 23.7 Å². The molecule has 1 unspecified atom stereocenters. The second-order valence-corrected chi connectivity index (χ2v) is 6.56. The van der Waals surface area contributed by atoms with Gasteiger partial charge in [0.1, 0.15) is 17.6 Å². The number of aliphatic imine (C=N–C) groups is 1. The molecule has 1 N–H and O–H groups in total. The van der Waals surface area contributed by atoms with Gasteiger partial charge in [-0.25, -0.2) is 0 Å². The second-order valence-electron chi connectivity index (χ2n) is 6.56. The lowest BCUT2D eigenvalue weighted by Gasteiger charge is -2.23. The summed E-state index contributed by atoms with van der Waals surface area (Å²) in [7, 11) is 0. The minimum absolute atomic E-state index is 0.0267. The van der Waals surface area contributed by atoms with E-state index in [4.69, 9.17) is 15.0 Å². The van der Waals surface area contributed by atoms with Gasteiger partial charge in [-0.15, -0.1) is 5.06 Å². The van der Waals surface area contributed by atoms with Crippen LogP contribution in [0.2, 0.25) is 0 Å². The molecule has 2 aromatic carbocycles. The number of nitrogens with zero attached hydrogens (tertiary/aromatic N) is 2. The van der Waals surface area contributed by atoms with Crippen molar-refractivity contribution in [3.05, 3.63) is 83.1 Å². The number of rotatable bonds is 4. The van der Waals surface area contributed by atoms with Gasteiger partial charge in [-0.1, -0.05) is 42.5 Å². The zero-order chi connectivity index (χ0) is 19.7. The summed E-state index contributed by atoms with van der Waals surface area (Å²) in [6.07, 6.45) is 3.18. The molecule has 2 aliphatic heterocycles. The molecule has 0 bridgehead atoms. The third kappa shape index (κ3) is 3.44. The van der Waals surface area contributed by atoms with E-state index in [2.05, 4.69) is 4.99 Å². The summed E-state index contributed by atoms with van der Waals surface area (Å²) in [5.41, 5.74) is 2.05. The predicted molar refractivity (Wildman–Crippen MR) is 107 cm³/mol. The van der Waals surface area contributed by atoms with Gasteiger partial charge in [-0.3, -0.25) is 10.2 Å². The van der Waals surface area contributed by atoms with Crippen LogP contribution in [0.3, 0.4) is 0 Å². The number of nitrogens with one attached hydrogen (secondary N) is 1. The molecule has 0 saturated heterocycles. The molecule has 140 valence electrons. The Bertz CT molecular complexity index is 1020. The average Bonchev–Trinajstić information content (AvgIpc) is 3.07. The van der Waals surface area contributed by atoms with Crippen molar-refractivity contribution in [2.75, 3.05) is 0 Å². The SMILES string of the molecule is CC1=CC2=NC(=O)/C(=C\c3ccc(OC(C)c4ccccc4)cc3)C(=N)N2O1. The number of amides is 1. The number of hydrogen-bond donors (Lipinski definition) is 1. The van der Waals surface area contributed by atoms with Crippen LogP contribution in [0.1, 0.15) is 31.1 Å². The Kier molecular flexibility index (Phi) is 4.53. The lowest BCUT2D eigenvalue weighted by atomic mass is 10.1. The molecule has 1 atom stereocenters. The molecule has 4 rings (SSSR count). The van der Waals surface area contributed by atoms with Gasteiger partial charge in [0.05, 0.1) is 5.57 Å². The predicted octanol–water partition coefficient (Wildman–Crippen LogP) is 4.28. The largest absolute Gasteiger partial charge is 0.486 e. The summed E-state index contributed by atoms with van der Waals surface area (Å²) in [6, 6.07) is 17.4. The van der Waals surface area contributed by atoms with Gasteiger partial charge in [0.25, 0.3) is 5.91 Å². The molecule has 2 heterocycles. The Labute approximate surface area is 162 Å². The number of carbonyl (C=O) groups is 1. The molecule has 0 spiro atoms. The van der Waals surface area contributed by atoms with Crippen LogP contribution in [0.25, 0.3) is 6.08 Å². The number of carbonyl (C=O) groups excluding carboxylic acids is 1. The fourth-order valence-electron chi connectivity index (χ4n) is 3.01. The number of hydrogen-bond acceptors (Lipinski definition) is 4. The molecule has 6 heteroatoms. The Morgan fingerprint density at radius 1 is 1.14 bits per heavy atom. The number of benzene rings is 2. The van der Waals surface area contributed by atoms with Crippen LogP contribution in [-0.2, 0) is 9.63 Å². The number of allylic oxidation sites excluding steroid dienone is 1. The summed E-state index contributed by atoms with van der Waals surface area (Å²) in [5, 5.41) is 9.50. The van der Waals surface area contributed by atoms with E-state index in [1.54, 1.807) is 19.1 Å². The van der Waals surface area contributed by atoms with Gasteiger partial charge in [0.2, 0.25) is 0 Å². The van der Waals surface area contributed by atoms with E-state index in [9.17, 15) is 4.79 Å². The first-order valence-corrected chi connectivity index (χ1v) is 8.93. The Hall–Kier alpha value is -3.67. The standard InChI is InChI=1S/C22H19N3O3/c1-14-12-20-24-22(26)19(21(23)25(20)28-14)13-16-8-10-18(11-9-16)27-15(2)17-6-4-3-5-7-17/h3-13,15,23H,1-2H3/b19-13-,23-21?. The Morgan fingerprint density at radius 3 is 2.57 bits per heavy atom. The van der Waals surface area contributed by atoms with Crippen LogP contribution in [0.15, 0.2) is 77.0 Å². The zero-order valence-electron chi connectivity index (χ0n) is 15.5. The number of amidine groups is 2. The Balaban J connectivity index is 1.50. The highest BCUT2D eigenvalue weighted by atomic mass is 16.7. The first-order valence-electron chi connectivity index (χ1n) is 8.93. The van der Waals surface area contributed by atoms with Crippen LogP contribution in [0.4, 0.5) is 0 Å². The van der Waals surface area contributed by atoms with Gasteiger partial charge >= 0.3 is 0 Å². The van der Waals surface area contributed by atoms with E-state index >= 15 is 0 Å². The zero-order valence-corrected chi connectivity index (χ0v) is 15.5. The molecule has 1 amide bonds. The maximum atomic E-state index is 12.3. The van der Waals surface area contributed by atoms with Gasteiger partial charge in [0.15, 0.2) is 11.7 Å². The number of hydroxylamine groups is 2.